The molecule has 2 fully saturated rings. The van der Waals surface area contributed by atoms with E-state index in [1.165, 1.54) is 0 Å². The van der Waals surface area contributed by atoms with Gasteiger partial charge in [-0.15, -0.1) is 0 Å². The number of rotatable bonds is 13. The lowest BCUT2D eigenvalue weighted by Gasteiger charge is -2.40. The van der Waals surface area contributed by atoms with Gasteiger partial charge < -0.3 is 46.0 Å². The molecule has 6 N–H and O–H groups in total. The van der Waals surface area contributed by atoms with Crippen LogP contribution < -0.4 is 26.2 Å². The Morgan fingerprint density at radius 2 is 1.67 bits per heavy atom. The number of nitrogens with zero attached hydrogens (tertiary/aromatic N) is 6. The Morgan fingerprint density at radius 1 is 0.914 bits per heavy atom. The van der Waals surface area contributed by atoms with Crippen molar-refractivity contribution in [2.45, 2.75) is 70.1 Å². The summed E-state index contributed by atoms with van der Waals surface area (Å²) in [6.45, 7) is 5.60. The van der Waals surface area contributed by atoms with E-state index >= 15 is 0 Å². The summed E-state index contributed by atoms with van der Waals surface area (Å²) in [6, 6.07) is 13.0. The second kappa shape index (κ2) is 18.3. The van der Waals surface area contributed by atoms with Gasteiger partial charge in [-0.1, -0.05) is 24.3 Å². The number of carbonyl (C=O) groups excluding carboxylic acids is 4. The number of fused-ring (bicyclic) bond motifs is 2. The van der Waals surface area contributed by atoms with Crippen molar-refractivity contribution in [2.24, 2.45) is 0 Å². The Balaban J connectivity index is 1.04. The maximum Gasteiger partial charge on any atom is 0.404 e. The van der Waals surface area contributed by atoms with Crippen LogP contribution in [0.3, 0.4) is 0 Å². The number of para-hydroxylation sites is 1. The number of benzene rings is 2. The van der Waals surface area contributed by atoms with Crippen LogP contribution in [0.4, 0.5) is 25.8 Å². The number of carbonyl (C=O) groups is 5. The number of H-pyrrole nitrogens is 1. The van der Waals surface area contributed by atoms with Crippen LogP contribution >= 0.6 is 0 Å². The fourth-order valence-electron chi connectivity index (χ4n) is 8.17. The van der Waals surface area contributed by atoms with E-state index in [9.17, 15) is 24.0 Å². The van der Waals surface area contributed by atoms with Crippen molar-refractivity contribution < 1.29 is 29.1 Å². The largest absolute Gasteiger partial charge is 0.465 e. The number of amides is 7. The zero-order valence-electron chi connectivity index (χ0n) is 32.7. The quantitative estimate of drug-likeness (QED) is 0.109. The molecule has 17 nitrogen and oxygen atoms in total. The van der Waals surface area contributed by atoms with E-state index in [0.717, 1.165) is 39.0 Å². The predicted octanol–water partition coefficient (Wildman–Crippen LogP) is 3.67. The fraction of sp³-hybridized carbons (Fsp3) is 0.439. The summed E-state index contributed by atoms with van der Waals surface area (Å²) in [5, 5.41) is 28.4. The van der Waals surface area contributed by atoms with Gasteiger partial charge in [-0.3, -0.25) is 19.7 Å². The predicted molar refractivity (Wildman–Crippen MR) is 217 cm³/mol. The lowest BCUT2D eigenvalue weighted by molar-refractivity contribution is -0.137. The van der Waals surface area contributed by atoms with Crippen molar-refractivity contribution in [3.8, 4) is 0 Å². The summed E-state index contributed by atoms with van der Waals surface area (Å²) >= 11 is 0. The van der Waals surface area contributed by atoms with E-state index in [2.05, 4.69) is 41.3 Å². The van der Waals surface area contributed by atoms with Crippen LogP contribution in [0.25, 0.3) is 10.9 Å². The van der Waals surface area contributed by atoms with Crippen LogP contribution in [0.5, 0.6) is 0 Å². The van der Waals surface area contributed by atoms with Gasteiger partial charge in [0.25, 0.3) is 0 Å². The maximum atomic E-state index is 14.4. The molecule has 7 amide bonds. The second-order valence-electron chi connectivity index (χ2n) is 15.2. The summed E-state index contributed by atoms with van der Waals surface area (Å²) < 4.78 is 0. The molecule has 3 aliphatic heterocycles. The van der Waals surface area contributed by atoms with Crippen molar-refractivity contribution in [2.75, 3.05) is 56.0 Å². The molecular formula is C41H51N11O6. The lowest BCUT2D eigenvalue weighted by Crippen LogP contribution is -2.59. The van der Waals surface area contributed by atoms with E-state index in [-0.39, 0.29) is 30.9 Å². The molecule has 4 aromatic rings. The number of hydrogen-bond acceptors (Lipinski definition) is 8. The first-order chi connectivity index (χ1) is 28.1. The van der Waals surface area contributed by atoms with Gasteiger partial charge in [-0.2, -0.15) is 5.10 Å². The van der Waals surface area contributed by atoms with E-state index < -0.39 is 30.1 Å². The highest BCUT2D eigenvalue weighted by atomic mass is 16.4. The van der Waals surface area contributed by atoms with Gasteiger partial charge in [0.15, 0.2) is 0 Å². The Kier molecular flexibility index (Phi) is 12.5. The molecule has 306 valence electrons. The van der Waals surface area contributed by atoms with E-state index in [1.807, 2.05) is 60.4 Å². The topological polar surface area (TPSA) is 208 Å². The van der Waals surface area contributed by atoms with Crippen molar-refractivity contribution in [1.29, 1.82) is 0 Å². The third kappa shape index (κ3) is 9.58. The first-order valence-electron chi connectivity index (χ1n) is 20.0. The van der Waals surface area contributed by atoms with Crippen LogP contribution in [-0.4, -0.2) is 129 Å². The molecule has 0 spiro atoms. The number of piperazine rings is 1. The summed E-state index contributed by atoms with van der Waals surface area (Å²) in [6.07, 6.45) is 6.64. The molecule has 0 aliphatic carbocycles. The number of aromatic nitrogens is 3. The fourth-order valence-corrected chi connectivity index (χ4v) is 8.17. The first kappa shape index (κ1) is 39.8. The molecule has 17 heteroatoms. The van der Waals surface area contributed by atoms with Crippen molar-refractivity contribution in [3.05, 3.63) is 83.8 Å². The van der Waals surface area contributed by atoms with E-state index in [4.69, 9.17) is 5.11 Å². The average molecular weight is 794 g/mol. The Morgan fingerprint density at radius 3 is 2.43 bits per heavy atom. The van der Waals surface area contributed by atoms with Gasteiger partial charge in [0.1, 0.15) is 12.1 Å². The number of carboxylic acid groups (broad SMARTS) is 1. The number of aromatic amines is 1. The number of urea groups is 2. The van der Waals surface area contributed by atoms with Crippen molar-refractivity contribution in [1.82, 2.24) is 45.8 Å². The first-order valence-corrected chi connectivity index (χ1v) is 20.0. The number of hydrogen-bond donors (Lipinski definition) is 6. The van der Waals surface area contributed by atoms with Crippen LogP contribution in [0.1, 0.15) is 48.8 Å². The SMILES string of the molecule is Cc1cc(C[C@@H](NC(=O)N2CCC(N3Cc4ccccc4NC3=O)CC2)C(=O)N[C@@H](CCCCNC(=O)O)C(=O)N2CCN(c3ccncc3)CC2)cc2cn[nH]c12. The van der Waals surface area contributed by atoms with Gasteiger partial charge in [0.2, 0.25) is 11.8 Å². The molecular weight excluding hydrogens is 743 g/mol. The Hall–Kier alpha value is -6.39. The van der Waals surface area contributed by atoms with Gasteiger partial charge >= 0.3 is 18.2 Å². The van der Waals surface area contributed by atoms with Crippen LogP contribution in [-0.2, 0) is 22.6 Å². The smallest absolute Gasteiger partial charge is 0.404 e. The van der Waals surface area contributed by atoms with Gasteiger partial charge in [-0.05, 0) is 80.0 Å². The van der Waals surface area contributed by atoms with Gasteiger partial charge in [0, 0.05) is 94.0 Å². The minimum atomic E-state index is -1.12. The molecule has 0 unspecified atom stereocenters. The third-order valence-corrected chi connectivity index (χ3v) is 11.3. The van der Waals surface area contributed by atoms with Crippen molar-refractivity contribution in [3.63, 3.8) is 0 Å². The van der Waals surface area contributed by atoms with Gasteiger partial charge in [0.05, 0.1) is 11.7 Å². The number of nitrogens with one attached hydrogen (secondary N) is 5. The van der Waals surface area contributed by atoms with Crippen molar-refractivity contribution >= 4 is 52.2 Å². The summed E-state index contributed by atoms with van der Waals surface area (Å²) in [5.74, 6) is -0.713. The summed E-state index contributed by atoms with van der Waals surface area (Å²) in [7, 11) is 0. The van der Waals surface area contributed by atoms with E-state index in [1.54, 1.807) is 28.4 Å². The minimum absolute atomic E-state index is 0.0507. The van der Waals surface area contributed by atoms with Gasteiger partial charge in [-0.25, -0.2) is 14.4 Å². The molecule has 0 radical (unpaired) electrons. The number of aryl methyl sites for hydroxylation is 1. The Bertz CT molecular complexity index is 2100. The second-order valence-corrected chi connectivity index (χ2v) is 15.2. The highest BCUT2D eigenvalue weighted by Crippen LogP contribution is 2.28. The molecule has 3 aliphatic rings. The number of piperidine rings is 1. The molecule has 0 saturated carbocycles. The lowest BCUT2D eigenvalue weighted by atomic mass is 9.99. The van der Waals surface area contributed by atoms with E-state index in [0.29, 0.717) is 77.9 Å². The standard InChI is InChI=1S/C41H51N11O6/c1-27-22-28(23-30-25-44-48-36(27)30)24-35(47-39(55)51-16-11-32(12-17-51)52-26-29-6-2-3-7-33(29)46-40(52)56)37(53)45-34(8-4-5-13-43-41(57)58)38(54)50-20-18-49(19-21-50)31-9-14-42-15-10-31/h2-3,6-7,9-10,14-15,22-23,25,32,34-35,43H,4-5,8,11-13,16-21,24,26H2,1H3,(H,44,48)(H,45,53)(H,46,56)(H,47,55)(H,57,58)/t34-,35+/m0/s1. The van der Waals surface area contributed by atoms with Crippen LogP contribution in [0.2, 0.25) is 0 Å². The van der Waals surface area contributed by atoms with Crippen LogP contribution in [0.15, 0.2) is 67.1 Å². The number of anilines is 2. The number of pyridine rings is 1. The zero-order valence-corrected chi connectivity index (χ0v) is 32.7. The average Bonchev–Trinajstić information content (AvgIpc) is 3.72. The van der Waals surface area contributed by atoms with Crippen LogP contribution in [0, 0.1) is 6.92 Å². The molecule has 0 bridgehead atoms. The summed E-state index contributed by atoms with van der Waals surface area (Å²) in [4.78, 5) is 78.1. The zero-order chi connectivity index (χ0) is 40.6. The molecule has 2 aromatic carbocycles. The molecule has 2 saturated heterocycles. The minimum Gasteiger partial charge on any atom is -0.465 e. The molecule has 7 rings (SSSR count). The molecule has 2 atom stereocenters. The number of likely N-dealkylation sites (tertiary alicyclic amines) is 1. The molecule has 58 heavy (non-hydrogen) atoms. The number of unbranched alkanes of at least 4 members (excludes halogenated alkanes) is 1. The monoisotopic (exact) mass is 793 g/mol. The Labute approximate surface area is 336 Å². The molecule has 2 aromatic heterocycles. The highest BCUT2D eigenvalue weighted by Gasteiger charge is 2.35. The highest BCUT2D eigenvalue weighted by molar-refractivity contribution is 5.93. The summed E-state index contributed by atoms with van der Waals surface area (Å²) in [5.41, 5.74) is 5.52. The third-order valence-electron chi connectivity index (χ3n) is 11.3. The normalized spacial score (nSPS) is 16.9. The molecule has 5 heterocycles. The maximum absolute atomic E-state index is 14.4.